The maximum absolute atomic E-state index is 12.7. The van der Waals surface area contributed by atoms with E-state index in [1.807, 2.05) is 66.4 Å². The first-order valence-electron chi connectivity index (χ1n) is 8.05. The van der Waals surface area contributed by atoms with Crippen LogP contribution >= 0.6 is 22.7 Å². The predicted molar refractivity (Wildman–Crippen MR) is 106 cm³/mol. The third kappa shape index (κ3) is 3.18. The SMILES string of the molecule is Cc1nc(-c2cccs2)sc1C(=O)Nc1cccc(-n2nccc2C)c1. The molecule has 26 heavy (non-hydrogen) atoms. The highest BCUT2D eigenvalue weighted by Crippen LogP contribution is 2.31. The second kappa shape index (κ2) is 6.86. The standard InChI is InChI=1S/C19H16N4OS2/c1-12-8-9-20-23(12)15-6-3-5-14(11-15)22-18(24)17-13(2)21-19(26-17)16-7-4-10-25-16/h3-11H,1-2H3,(H,22,24). The van der Waals surface area contributed by atoms with Crippen LogP contribution in [0, 0.1) is 13.8 Å². The lowest BCUT2D eigenvalue weighted by Gasteiger charge is -2.08. The number of nitrogens with zero attached hydrogens (tertiary/aromatic N) is 3. The number of carbonyl (C=O) groups is 1. The number of aryl methyl sites for hydroxylation is 2. The highest BCUT2D eigenvalue weighted by molar-refractivity contribution is 7.22. The van der Waals surface area contributed by atoms with Crippen LogP contribution in [0.1, 0.15) is 21.1 Å². The average Bonchev–Trinajstić information content (AvgIpc) is 3.35. The largest absolute Gasteiger partial charge is 0.321 e. The minimum absolute atomic E-state index is 0.142. The van der Waals surface area contributed by atoms with E-state index in [1.165, 1.54) is 11.3 Å². The molecule has 1 N–H and O–H groups in total. The minimum Gasteiger partial charge on any atom is -0.321 e. The van der Waals surface area contributed by atoms with Gasteiger partial charge in [0.05, 0.1) is 16.3 Å². The monoisotopic (exact) mass is 380 g/mol. The summed E-state index contributed by atoms with van der Waals surface area (Å²) in [5, 5.41) is 10.2. The topological polar surface area (TPSA) is 59.8 Å². The van der Waals surface area contributed by atoms with Crippen LogP contribution in [0.5, 0.6) is 0 Å². The van der Waals surface area contributed by atoms with E-state index in [4.69, 9.17) is 0 Å². The number of aromatic nitrogens is 3. The third-order valence-electron chi connectivity index (χ3n) is 3.92. The van der Waals surface area contributed by atoms with Gasteiger partial charge in [-0.15, -0.1) is 22.7 Å². The second-order valence-electron chi connectivity index (χ2n) is 5.80. The van der Waals surface area contributed by atoms with Crippen LogP contribution in [-0.4, -0.2) is 20.7 Å². The second-order valence-corrected chi connectivity index (χ2v) is 7.75. The van der Waals surface area contributed by atoms with Gasteiger partial charge >= 0.3 is 0 Å². The van der Waals surface area contributed by atoms with Crippen molar-refractivity contribution in [2.75, 3.05) is 5.32 Å². The molecule has 4 rings (SSSR count). The lowest BCUT2D eigenvalue weighted by atomic mass is 10.2. The van der Waals surface area contributed by atoms with Gasteiger partial charge in [0.1, 0.15) is 9.88 Å². The molecule has 0 atom stereocenters. The number of amides is 1. The Bertz CT molecular complexity index is 1060. The highest BCUT2D eigenvalue weighted by atomic mass is 32.1. The first kappa shape index (κ1) is 16.7. The van der Waals surface area contributed by atoms with Crippen molar-refractivity contribution in [3.8, 4) is 15.6 Å². The van der Waals surface area contributed by atoms with E-state index in [2.05, 4.69) is 15.4 Å². The molecule has 0 radical (unpaired) electrons. The Balaban J connectivity index is 1.58. The van der Waals surface area contributed by atoms with Gasteiger partial charge in [0.2, 0.25) is 0 Å². The molecule has 5 nitrogen and oxygen atoms in total. The fraction of sp³-hybridized carbons (Fsp3) is 0.105. The maximum atomic E-state index is 12.7. The normalized spacial score (nSPS) is 10.8. The van der Waals surface area contributed by atoms with Gasteiger partial charge in [0, 0.05) is 17.6 Å². The Morgan fingerprint density at radius 3 is 2.77 bits per heavy atom. The van der Waals surface area contributed by atoms with Gasteiger partial charge in [0.15, 0.2) is 0 Å². The van der Waals surface area contributed by atoms with Gasteiger partial charge in [-0.2, -0.15) is 5.10 Å². The van der Waals surface area contributed by atoms with Crippen molar-refractivity contribution in [2.24, 2.45) is 0 Å². The van der Waals surface area contributed by atoms with Crippen LogP contribution in [0.3, 0.4) is 0 Å². The number of nitrogens with one attached hydrogen (secondary N) is 1. The molecular formula is C19H16N4OS2. The molecule has 0 fully saturated rings. The highest BCUT2D eigenvalue weighted by Gasteiger charge is 2.17. The van der Waals surface area contributed by atoms with Crippen molar-refractivity contribution in [1.29, 1.82) is 0 Å². The predicted octanol–water partition coefficient (Wildman–Crippen LogP) is 4.93. The third-order valence-corrected chi connectivity index (χ3v) is 6.11. The molecule has 4 aromatic rings. The summed E-state index contributed by atoms with van der Waals surface area (Å²) < 4.78 is 1.84. The van der Waals surface area contributed by atoms with Gasteiger partial charge in [0.25, 0.3) is 5.91 Å². The first-order chi connectivity index (χ1) is 12.6. The van der Waals surface area contributed by atoms with Crippen LogP contribution in [0.2, 0.25) is 0 Å². The summed E-state index contributed by atoms with van der Waals surface area (Å²) in [6, 6.07) is 13.6. The molecule has 7 heteroatoms. The molecular weight excluding hydrogens is 364 g/mol. The van der Waals surface area contributed by atoms with Gasteiger partial charge in [-0.1, -0.05) is 12.1 Å². The van der Waals surface area contributed by atoms with Crippen molar-refractivity contribution in [3.63, 3.8) is 0 Å². The van der Waals surface area contributed by atoms with Crippen LogP contribution in [0.15, 0.2) is 54.0 Å². The Labute approximate surface area is 159 Å². The molecule has 0 bridgehead atoms. The number of benzene rings is 1. The van der Waals surface area contributed by atoms with E-state index in [0.717, 1.165) is 32.6 Å². The number of rotatable bonds is 4. The van der Waals surface area contributed by atoms with Crippen LogP contribution in [0.4, 0.5) is 5.69 Å². The average molecular weight is 380 g/mol. The van der Waals surface area contributed by atoms with Crippen molar-refractivity contribution in [2.45, 2.75) is 13.8 Å². The number of carbonyl (C=O) groups excluding carboxylic acids is 1. The Morgan fingerprint density at radius 1 is 1.15 bits per heavy atom. The molecule has 1 amide bonds. The quantitative estimate of drug-likeness (QED) is 0.546. The van der Waals surface area contributed by atoms with Gasteiger partial charge in [-0.05, 0) is 49.6 Å². The van der Waals surface area contributed by atoms with Crippen molar-refractivity contribution >= 4 is 34.3 Å². The molecule has 0 aliphatic rings. The number of anilines is 1. The molecule has 0 aliphatic heterocycles. The summed E-state index contributed by atoms with van der Waals surface area (Å²) in [7, 11) is 0. The van der Waals surface area contributed by atoms with E-state index in [1.54, 1.807) is 17.5 Å². The summed E-state index contributed by atoms with van der Waals surface area (Å²) >= 11 is 3.04. The smallest absolute Gasteiger partial charge is 0.267 e. The lowest BCUT2D eigenvalue weighted by Crippen LogP contribution is -2.12. The molecule has 3 aromatic heterocycles. The van der Waals surface area contributed by atoms with Crippen molar-refractivity contribution in [3.05, 3.63) is 70.3 Å². The Morgan fingerprint density at radius 2 is 2.04 bits per heavy atom. The van der Waals surface area contributed by atoms with Crippen LogP contribution in [-0.2, 0) is 0 Å². The lowest BCUT2D eigenvalue weighted by molar-refractivity contribution is 0.103. The van der Waals surface area contributed by atoms with Gasteiger partial charge < -0.3 is 5.32 Å². The maximum Gasteiger partial charge on any atom is 0.267 e. The van der Waals surface area contributed by atoms with Gasteiger partial charge in [-0.3, -0.25) is 4.79 Å². The minimum atomic E-state index is -0.142. The molecule has 0 saturated carbocycles. The zero-order valence-electron chi connectivity index (χ0n) is 14.3. The molecule has 0 saturated heterocycles. The van der Waals surface area contributed by atoms with Crippen LogP contribution in [0.25, 0.3) is 15.6 Å². The van der Waals surface area contributed by atoms with Gasteiger partial charge in [-0.25, -0.2) is 9.67 Å². The Hall–Kier alpha value is -2.77. The number of thiazole rings is 1. The molecule has 0 unspecified atom stereocenters. The summed E-state index contributed by atoms with van der Waals surface area (Å²) in [5.74, 6) is -0.142. The van der Waals surface area contributed by atoms with E-state index in [9.17, 15) is 4.79 Å². The molecule has 0 aliphatic carbocycles. The molecule has 0 spiro atoms. The summed E-state index contributed by atoms with van der Waals surface area (Å²) in [6.45, 7) is 3.86. The molecule has 3 heterocycles. The zero-order chi connectivity index (χ0) is 18.1. The molecule has 1 aromatic carbocycles. The van der Waals surface area contributed by atoms with E-state index < -0.39 is 0 Å². The first-order valence-corrected chi connectivity index (χ1v) is 9.75. The zero-order valence-corrected chi connectivity index (χ0v) is 15.9. The van der Waals surface area contributed by atoms with Crippen molar-refractivity contribution < 1.29 is 4.79 Å². The van der Waals surface area contributed by atoms with Crippen LogP contribution < -0.4 is 5.32 Å². The summed E-state index contributed by atoms with van der Waals surface area (Å²) in [6.07, 6.45) is 1.76. The van der Waals surface area contributed by atoms with E-state index >= 15 is 0 Å². The summed E-state index contributed by atoms with van der Waals surface area (Å²) in [5.41, 5.74) is 3.42. The number of thiophene rings is 1. The van der Waals surface area contributed by atoms with Crippen molar-refractivity contribution in [1.82, 2.24) is 14.8 Å². The number of hydrogen-bond acceptors (Lipinski definition) is 5. The molecule has 130 valence electrons. The van der Waals surface area contributed by atoms with E-state index in [0.29, 0.717) is 4.88 Å². The number of hydrogen-bond donors (Lipinski definition) is 1. The Kier molecular flexibility index (Phi) is 4.40. The fourth-order valence-electron chi connectivity index (χ4n) is 2.66. The van der Waals surface area contributed by atoms with E-state index in [-0.39, 0.29) is 5.91 Å². The fourth-order valence-corrected chi connectivity index (χ4v) is 4.41. The summed E-state index contributed by atoms with van der Waals surface area (Å²) in [4.78, 5) is 19.0.